The molecule has 25 heavy (non-hydrogen) atoms. The number of carbonyl (C=O) groups is 1. The first-order chi connectivity index (χ1) is 12.2. The Kier molecular flexibility index (Phi) is 5.73. The van der Waals surface area contributed by atoms with Crippen LogP contribution in [0.2, 0.25) is 0 Å². The van der Waals surface area contributed by atoms with E-state index in [2.05, 4.69) is 21.9 Å². The highest BCUT2D eigenvalue weighted by Crippen LogP contribution is 2.26. The van der Waals surface area contributed by atoms with Gasteiger partial charge in [0.1, 0.15) is 0 Å². The van der Waals surface area contributed by atoms with Crippen molar-refractivity contribution >= 4 is 29.6 Å². The van der Waals surface area contributed by atoms with E-state index in [1.54, 1.807) is 18.0 Å². The number of thioether (sulfide) groups is 1. The normalized spacial score (nSPS) is 13.7. The van der Waals surface area contributed by atoms with E-state index in [0.717, 1.165) is 21.7 Å². The van der Waals surface area contributed by atoms with Gasteiger partial charge in [0, 0.05) is 16.1 Å². The van der Waals surface area contributed by atoms with Gasteiger partial charge < -0.3 is 16.5 Å². The second-order valence-corrected chi connectivity index (χ2v) is 6.78. The summed E-state index contributed by atoms with van der Waals surface area (Å²) in [7, 11) is 0. The van der Waals surface area contributed by atoms with Gasteiger partial charge in [0.05, 0.1) is 18.7 Å². The van der Waals surface area contributed by atoms with Gasteiger partial charge in [-0.1, -0.05) is 18.2 Å². The van der Waals surface area contributed by atoms with Gasteiger partial charge in [0.15, 0.2) is 0 Å². The van der Waals surface area contributed by atoms with Crippen molar-refractivity contribution in [2.45, 2.75) is 23.8 Å². The number of nitrogens with one attached hydrogen (secondary N) is 2. The maximum absolute atomic E-state index is 12.9. The smallest absolute Gasteiger partial charge is 0.231 e. The van der Waals surface area contributed by atoms with E-state index in [4.69, 9.17) is 5.73 Å². The van der Waals surface area contributed by atoms with Crippen LogP contribution in [-0.2, 0) is 11.3 Å². The van der Waals surface area contributed by atoms with E-state index in [1.165, 1.54) is 5.56 Å². The molecule has 1 heterocycles. The summed E-state index contributed by atoms with van der Waals surface area (Å²) in [5.74, 6) is -0.294. The number of hydrogen-bond acceptors (Lipinski definition) is 5. The molecule has 0 spiro atoms. The lowest BCUT2D eigenvalue weighted by Gasteiger charge is -2.18. The third-order valence-electron chi connectivity index (χ3n) is 4.25. The Labute approximate surface area is 152 Å². The summed E-state index contributed by atoms with van der Waals surface area (Å²) >= 11 is 1.67. The number of fused-ring (bicyclic) bond motifs is 1. The van der Waals surface area contributed by atoms with Crippen LogP contribution < -0.4 is 16.5 Å². The molecule has 0 fully saturated rings. The first-order valence-electron chi connectivity index (χ1n) is 8.25. The largest absolute Gasteiger partial charge is 0.330 e. The number of anilines is 1. The second kappa shape index (κ2) is 8.18. The fourth-order valence-corrected chi connectivity index (χ4v) is 3.37. The van der Waals surface area contributed by atoms with E-state index in [9.17, 15) is 4.79 Å². The van der Waals surface area contributed by atoms with Crippen LogP contribution in [0.4, 0.5) is 5.69 Å². The number of hydrogen-bond donors (Lipinski definition) is 3. The molecule has 1 aliphatic heterocycles. The zero-order valence-corrected chi connectivity index (χ0v) is 15.0. The van der Waals surface area contributed by atoms with E-state index in [-0.39, 0.29) is 11.8 Å². The molecule has 3 rings (SSSR count). The Morgan fingerprint density at radius 1 is 1.36 bits per heavy atom. The molecule has 0 aliphatic carbocycles. The molecule has 0 aromatic heterocycles. The third kappa shape index (κ3) is 4.21. The molecule has 0 radical (unpaired) electrons. The zero-order valence-electron chi connectivity index (χ0n) is 14.2. The van der Waals surface area contributed by atoms with Gasteiger partial charge in [-0.2, -0.15) is 5.10 Å². The van der Waals surface area contributed by atoms with Crippen LogP contribution >= 0.6 is 11.8 Å². The lowest BCUT2D eigenvalue weighted by Crippen LogP contribution is -2.24. The second-order valence-electron chi connectivity index (χ2n) is 5.90. The topological polar surface area (TPSA) is 79.5 Å². The van der Waals surface area contributed by atoms with Crippen LogP contribution in [0.5, 0.6) is 0 Å². The van der Waals surface area contributed by atoms with Gasteiger partial charge in [-0.05, 0) is 54.6 Å². The summed E-state index contributed by atoms with van der Waals surface area (Å²) in [5, 5.41) is 7.09. The number of amides is 1. The minimum Gasteiger partial charge on any atom is -0.330 e. The first-order valence-corrected chi connectivity index (χ1v) is 9.47. The molecule has 130 valence electrons. The van der Waals surface area contributed by atoms with Crippen molar-refractivity contribution in [1.29, 1.82) is 0 Å². The molecule has 2 aromatic rings. The molecule has 6 heteroatoms. The molecule has 1 aliphatic rings. The van der Waals surface area contributed by atoms with Gasteiger partial charge >= 0.3 is 0 Å². The number of benzene rings is 2. The lowest BCUT2D eigenvalue weighted by atomic mass is 9.94. The minimum atomic E-state index is -0.261. The SMILES string of the molecule is CSc1cccc(C(CCN)C(=O)Nc2ccc3c(c2)C=NNC3)c1. The van der Waals surface area contributed by atoms with Crippen LogP contribution in [0.25, 0.3) is 0 Å². The summed E-state index contributed by atoms with van der Waals surface area (Å²) in [6.07, 6.45) is 4.41. The molecule has 5 nitrogen and oxygen atoms in total. The average molecular weight is 354 g/mol. The third-order valence-corrected chi connectivity index (χ3v) is 4.97. The monoisotopic (exact) mass is 354 g/mol. The summed E-state index contributed by atoms with van der Waals surface area (Å²) in [6.45, 7) is 1.17. The highest BCUT2D eigenvalue weighted by atomic mass is 32.2. The van der Waals surface area contributed by atoms with Crippen molar-refractivity contribution in [2.75, 3.05) is 18.1 Å². The minimum absolute atomic E-state index is 0.0328. The van der Waals surface area contributed by atoms with Gasteiger partial charge in [-0.25, -0.2) is 0 Å². The predicted octanol–water partition coefficient (Wildman–Crippen LogP) is 2.92. The molecule has 0 saturated carbocycles. The molecule has 1 amide bonds. The Bertz CT molecular complexity index is 791. The Balaban J connectivity index is 1.80. The molecule has 2 aromatic carbocycles. The highest BCUT2D eigenvalue weighted by molar-refractivity contribution is 7.98. The molecule has 4 N–H and O–H groups in total. The Morgan fingerprint density at radius 2 is 2.24 bits per heavy atom. The van der Waals surface area contributed by atoms with E-state index < -0.39 is 0 Å². The van der Waals surface area contributed by atoms with Gasteiger partial charge in [0.25, 0.3) is 0 Å². The maximum Gasteiger partial charge on any atom is 0.231 e. The summed E-state index contributed by atoms with van der Waals surface area (Å²) < 4.78 is 0. The highest BCUT2D eigenvalue weighted by Gasteiger charge is 2.21. The van der Waals surface area contributed by atoms with Crippen molar-refractivity contribution in [2.24, 2.45) is 10.8 Å². The fourth-order valence-electron chi connectivity index (χ4n) is 2.90. The summed E-state index contributed by atoms with van der Waals surface area (Å²) in [5.41, 5.74) is 12.7. The van der Waals surface area contributed by atoms with E-state index in [0.29, 0.717) is 19.5 Å². The van der Waals surface area contributed by atoms with Crippen molar-refractivity contribution in [3.63, 3.8) is 0 Å². The van der Waals surface area contributed by atoms with Crippen molar-refractivity contribution in [3.8, 4) is 0 Å². The zero-order chi connectivity index (χ0) is 17.6. The molecule has 0 saturated heterocycles. The molecule has 1 unspecified atom stereocenters. The fraction of sp³-hybridized carbons (Fsp3) is 0.263. The van der Waals surface area contributed by atoms with Gasteiger partial charge in [-0.3, -0.25) is 4.79 Å². The first kappa shape index (κ1) is 17.5. The van der Waals surface area contributed by atoms with Crippen LogP contribution in [0.15, 0.2) is 52.5 Å². The van der Waals surface area contributed by atoms with Gasteiger partial charge in [0.2, 0.25) is 5.91 Å². The molecule has 1 atom stereocenters. The molecule has 0 bridgehead atoms. The average Bonchev–Trinajstić information content (AvgIpc) is 2.66. The summed E-state index contributed by atoms with van der Waals surface area (Å²) in [4.78, 5) is 14.0. The van der Waals surface area contributed by atoms with Crippen LogP contribution in [-0.4, -0.2) is 24.9 Å². The van der Waals surface area contributed by atoms with E-state index >= 15 is 0 Å². The number of carbonyl (C=O) groups excluding carboxylic acids is 1. The summed E-state index contributed by atoms with van der Waals surface area (Å²) in [6, 6.07) is 14.0. The predicted molar refractivity (Wildman–Crippen MR) is 104 cm³/mol. The number of rotatable bonds is 6. The Morgan fingerprint density at radius 3 is 3.04 bits per heavy atom. The van der Waals surface area contributed by atoms with Crippen molar-refractivity contribution < 1.29 is 4.79 Å². The standard InChI is InChI=1S/C19H22N4OS/c1-25-17-4-2-3-13(10-17)18(7-8-20)19(24)23-16-6-5-14-11-21-22-12-15(14)9-16/h2-6,9-10,12,18,21H,7-8,11,20H2,1H3,(H,23,24). The Hall–Kier alpha value is -2.31. The molecular formula is C19H22N4OS. The number of hydrazone groups is 1. The number of nitrogens with zero attached hydrogens (tertiary/aromatic N) is 1. The molecular weight excluding hydrogens is 332 g/mol. The number of nitrogens with two attached hydrogens (primary N) is 1. The maximum atomic E-state index is 12.9. The van der Waals surface area contributed by atoms with Crippen molar-refractivity contribution in [1.82, 2.24) is 5.43 Å². The van der Waals surface area contributed by atoms with Crippen LogP contribution in [0.1, 0.15) is 29.0 Å². The van der Waals surface area contributed by atoms with Crippen LogP contribution in [0, 0.1) is 0 Å². The lowest BCUT2D eigenvalue weighted by molar-refractivity contribution is -0.117. The van der Waals surface area contributed by atoms with Crippen LogP contribution in [0.3, 0.4) is 0 Å². The van der Waals surface area contributed by atoms with Crippen molar-refractivity contribution in [3.05, 3.63) is 59.2 Å². The van der Waals surface area contributed by atoms with E-state index in [1.807, 2.05) is 42.7 Å². The quantitative estimate of drug-likeness (QED) is 0.697. The van der Waals surface area contributed by atoms with Gasteiger partial charge in [-0.15, -0.1) is 11.8 Å².